The number of para-hydroxylation sites is 1. The molecule has 2 atom stereocenters. The molecule has 0 bridgehead atoms. The first-order chi connectivity index (χ1) is 13.5. The van der Waals surface area contributed by atoms with Gasteiger partial charge in [-0.05, 0) is 19.4 Å². The van der Waals surface area contributed by atoms with E-state index in [1.54, 1.807) is 12.4 Å². The summed E-state index contributed by atoms with van der Waals surface area (Å²) in [7, 11) is 1.88. The number of aromatic nitrogens is 3. The number of ether oxygens (including phenoxy) is 1. The van der Waals surface area contributed by atoms with Crippen LogP contribution >= 0.6 is 0 Å². The molecule has 1 aromatic carbocycles. The van der Waals surface area contributed by atoms with Crippen LogP contribution in [0.4, 0.5) is 0 Å². The number of Topliss-reactive ketones (excluding diaryl/α,β-unsaturated/α-hetero) is 2. The van der Waals surface area contributed by atoms with Crippen LogP contribution in [-0.2, 0) is 21.4 Å². The lowest BCUT2D eigenvalue weighted by atomic mass is 9.79. The number of fused-ring (bicyclic) bond motifs is 3. The van der Waals surface area contributed by atoms with Crippen molar-refractivity contribution in [1.82, 2.24) is 14.1 Å². The summed E-state index contributed by atoms with van der Waals surface area (Å²) in [6.07, 6.45) is 3.57. The second-order valence-electron chi connectivity index (χ2n) is 6.81. The number of aliphatic hydroxyl groups excluding tert-OH is 1. The number of benzene rings is 1. The van der Waals surface area contributed by atoms with Crippen LogP contribution in [0.3, 0.4) is 0 Å². The molecule has 2 aromatic heterocycles. The predicted molar refractivity (Wildman–Crippen MR) is 98.6 cm³/mol. The molecule has 1 aliphatic rings. The number of nitrogens with zero attached hydrogens (tertiary/aromatic N) is 3. The number of carbonyl (C=O) groups excluding carboxylic acids is 3. The van der Waals surface area contributed by atoms with E-state index in [4.69, 9.17) is 5.11 Å². The van der Waals surface area contributed by atoms with Gasteiger partial charge < -0.3 is 19.0 Å². The Bertz CT molecular complexity index is 1110. The summed E-state index contributed by atoms with van der Waals surface area (Å²) in [5.74, 6) is -2.99. The van der Waals surface area contributed by atoms with Gasteiger partial charge in [-0.3, -0.25) is 9.59 Å². The molecule has 0 spiro atoms. The van der Waals surface area contributed by atoms with Gasteiger partial charge in [0.2, 0.25) is 0 Å². The first-order valence-corrected chi connectivity index (χ1v) is 8.88. The summed E-state index contributed by atoms with van der Waals surface area (Å²) in [4.78, 5) is 42.1. The normalized spacial score (nSPS) is 18.9. The molecule has 1 N–H and O–H groups in total. The Labute approximate surface area is 160 Å². The molecular weight excluding hydrogens is 362 g/mol. The predicted octanol–water partition coefficient (Wildman–Crippen LogP) is 1.54. The minimum atomic E-state index is -1.20. The number of aliphatic hydroxyl groups is 1. The van der Waals surface area contributed by atoms with Crippen LogP contribution < -0.4 is 0 Å². The van der Waals surface area contributed by atoms with Crippen molar-refractivity contribution in [2.24, 2.45) is 13.0 Å². The summed E-state index contributed by atoms with van der Waals surface area (Å²) < 4.78 is 8.29. The number of carbonyl (C=O) groups is 3. The maximum atomic E-state index is 13.3. The molecule has 0 saturated heterocycles. The minimum absolute atomic E-state index is 0.118. The average Bonchev–Trinajstić information content (AvgIpc) is 3.24. The van der Waals surface area contributed by atoms with E-state index in [0.717, 1.165) is 22.4 Å². The highest BCUT2D eigenvalue weighted by Crippen LogP contribution is 2.41. The summed E-state index contributed by atoms with van der Waals surface area (Å²) in [6, 6.07) is 7.12. The Kier molecular flexibility index (Phi) is 4.35. The molecule has 1 aliphatic carbocycles. The van der Waals surface area contributed by atoms with E-state index in [1.165, 1.54) is 0 Å². The van der Waals surface area contributed by atoms with Crippen LogP contribution in [0.15, 0.2) is 36.7 Å². The molecule has 8 heteroatoms. The van der Waals surface area contributed by atoms with Crippen molar-refractivity contribution >= 4 is 28.4 Å². The van der Waals surface area contributed by atoms with E-state index >= 15 is 0 Å². The fourth-order valence-electron chi connectivity index (χ4n) is 4.14. The second-order valence-corrected chi connectivity index (χ2v) is 6.81. The number of esters is 1. The molecule has 28 heavy (non-hydrogen) atoms. The Morgan fingerprint density at radius 1 is 1.32 bits per heavy atom. The number of imidazole rings is 1. The molecule has 3 aromatic rings. The van der Waals surface area contributed by atoms with E-state index in [2.05, 4.69) is 9.72 Å². The third-order valence-corrected chi connectivity index (χ3v) is 5.40. The van der Waals surface area contributed by atoms with E-state index in [0.29, 0.717) is 5.56 Å². The van der Waals surface area contributed by atoms with Crippen molar-refractivity contribution < 1.29 is 24.2 Å². The Morgan fingerprint density at radius 3 is 2.75 bits per heavy atom. The van der Waals surface area contributed by atoms with Crippen molar-refractivity contribution in [3.8, 4) is 0 Å². The fraction of sp³-hybridized carbons (Fsp3) is 0.300. The van der Waals surface area contributed by atoms with Gasteiger partial charge in [0.1, 0.15) is 5.82 Å². The highest BCUT2D eigenvalue weighted by molar-refractivity contribution is 6.40. The van der Waals surface area contributed by atoms with Crippen LogP contribution in [0.25, 0.3) is 10.9 Å². The monoisotopic (exact) mass is 381 g/mol. The Hall–Kier alpha value is -3.26. The van der Waals surface area contributed by atoms with Crippen LogP contribution in [0.1, 0.15) is 34.3 Å². The standard InChI is InChI=1S/C20H19N3O5/c1-11-21-7-8-23(11)15-9-13(19(26)20(27)28-10-24)18(25)16-12-5-3-4-6-14(12)22(2)17(15)16/h3-8,13,15,24H,9-10H2,1-2H3. The molecular formula is C20H19N3O5. The zero-order valence-corrected chi connectivity index (χ0v) is 15.5. The number of hydrogen-bond acceptors (Lipinski definition) is 6. The van der Waals surface area contributed by atoms with Gasteiger partial charge in [-0.1, -0.05) is 18.2 Å². The number of hydrogen-bond donors (Lipinski definition) is 1. The quantitative estimate of drug-likeness (QED) is 0.318. The van der Waals surface area contributed by atoms with Gasteiger partial charge in [0.25, 0.3) is 5.78 Å². The van der Waals surface area contributed by atoms with Crippen molar-refractivity contribution in [3.63, 3.8) is 0 Å². The molecule has 0 radical (unpaired) electrons. The van der Waals surface area contributed by atoms with Crippen molar-refractivity contribution in [2.75, 3.05) is 6.79 Å². The van der Waals surface area contributed by atoms with Gasteiger partial charge in [0, 0.05) is 35.9 Å². The van der Waals surface area contributed by atoms with Crippen molar-refractivity contribution in [3.05, 3.63) is 53.7 Å². The summed E-state index contributed by atoms with van der Waals surface area (Å²) in [5.41, 5.74) is 2.10. The molecule has 0 saturated carbocycles. The van der Waals surface area contributed by atoms with Gasteiger partial charge in [-0.2, -0.15) is 0 Å². The lowest BCUT2D eigenvalue weighted by molar-refractivity contribution is -0.161. The molecule has 2 unspecified atom stereocenters. The number of rotatable bonds is 4. The summed E-state index contributed by atoms with van der Waals surface area (Å²) >= 11 is 0. The van der Waals surface area contributed by atoms with Crippen LogP contribution in [0, 0.1) is 12.8 Å². The summed E-state index contributed by atoms with van der Waals surface area (Å²) in [6.45, 7) is 0.935. The molecule has 4 rings (SSSR count). The van der Waals surface area contributed by atoms with Gasteiger partial charge >= 0.3 is 5.97 Å². The molecule has 8 nitrogen and oxygen atoms in total. The first kappa shape index (κ1) is 18.1. The lowest BCUT2D eigenvalue weighted by Gasteiger charge is -2.30. The van der Waals surface area contributed by atoms with E-state index < -0.39 is 30.2 Å². The Morgan fingerprint density at radius 2 is 2.07 bits per heavy atom. The number of aryl methyl sites for hydroxylation is 2. The van der Waals surface area contributed by atoms with Gasteiger partial charge in [0.15, 0.2) is 12.6 Å². The molecule has 0 fully saturated rings. The van der Waals surface area contributed by atoms with Gasteiger partial charge in [0.05, 0.1) is 17.7 Å². The van der Waals surface area contributed by atoms with Gasteiger partial charge in [-0.25, -0.2) is 9.78 Å². The number of ketones is 2. The van der Waals surface area contributed by atoms with Crippen molar-refractivity contribution in [1.29, 1.82) is 0 Å². The molecule has 144 valence electrons. The minimum Gasteiger partial charge on any atom is -0.433 e. The van der Waals surface area contributed by atoms with Crippen molar-refractivity contribution in [2.45, 2.75) is 19.4 Å². The smallest absolute Gasteiger partial charge is 0.377 e. The lowest BCUT2D eigenvalue weighted by Crippen LogP contribution is -2.38. The molecule has 2 heterocycles. The second kappa shape index (κ2) is 6.72. The Balaban J connectivity index is 1.93. The first-order valence-electron chi connectivity index (χ1n) is 8.88. The summed E-state index contributed by atoms with van der Waals surface area (Å²) in [5, 5.41) is 9.53. The molecule has 0 amide bonds. The van der Waals surface area contributed by atoms with Gasteiger partial charge in [-0.15, -0.1) is 0 Å². The maximum absolute atomic E-state index is 13.3. The third kappa shape index (κ3) is 2.56. The SMILES string of the molecule is Cc1nccn1C1CC(C(=O)C(=O)OCO)C(=O)c2c1n(C)c1ccccc21. The topological polar surface area (TPSA) is 103 Å². The maximum Gasteiger partial charge on any atom is 0.377 e. The zero-order chi connectivity index (χ0) is 20.0. The van der Waals surface area contributed by atoms with Crippen LogP contribution in [0.5, 0.6) is 0 Å². The average molecular weight is 381 g/mol. The highest BCUT2D eigenvalue weighted by atomic mass is 16.6. The van der Waals surface area contributed by atoms with Crippen LogP contribution in [-0.4, -0.2) is 43.6 Å². The van der Waals surface area contributed by atoms with E-state index in [1.807, 2.05) is 47.4 Å². The molecule has 0 aliphatic heterocycles. The fourth-order valence-corrected chi connectivity index (χ4v) is 4.14. The van der Waals surface area contributed by atoms with Crippen LogP contribution in [0.2, 0.25) is 0 Å². The van der Waals surface area contributed by atoms with E-state index in [9.17, 15) is 14.4 Å². The largest absolute Gasteiger partial charge is 0.433 e. The third-order valence-electron chi connectivity index (χ3n) is 5.40. The van der Waals surface area contributed by atoms with E-state index in [-0.39, 0.29) is 12.5 Å². The highest BCUT2D eigenvalue weighted by Gasteiger charge is 2.44. The zero-order valence-electron chi connectivity index (χ0n) is 15.5.